The van der Waals surface area contributed by atoms with E-state index in [1.54, 1.807) is 0 Å². The standard InChI is InChI=1S/C16H14FN3O4/c1-10(21)18-15-9-12(4-7-14(15)17)19-16(22)8-11-2-5-13(6-3-11)20(23)24/h2-7,9H,8H2,1H3,(H,18,21)(H,19,22). The summed E-state index contributed by atoms with van der Waals surface area (Å²) in [5, 5.41) is 15.5. The number of nitrogens with one attached hydrogen (secondary N) is 2. The predicted molar refractivity (Wildman–Crippen MR) is 86.1 cm³/mol. The van der Waals surface area contributed by atoms with Gasteiger partial charge < -0.3 is 10.6 Å². The molecule has 0 aliphatic rings. The van der Waals surface area contributed by atoms with Crippen LogP contribution in [0.2, 0.25) is 0 Å². The van der Waals surface area contributed by atoms with Crippen LogP contribution < -0.4 is 10.6 Å². The lowest BCUT2D eigenvalue weighted by Gasteiger charge is -2.09. The van der Waals surface area contributed by atoms with E-state index in [1.165, 1.54) is 43.3 Å². The Hall–Kier alpha value is -3.29. The van der Waals surface area contributed by atoms with E-state index >= 15 is 0 Å². The maximum atomic E-state index is 13.5. The molecule has 2 N–H and O–H groups in total. The maximum absolute atomic E-state index is 13.5. The molecular weight excluding hydrogens is 317 g/mol. The fourth-order valence-electron chi connectivity index (χ4n) is 2.01. The second kappa shape index (κ2) is 7.32. The minimum absolute atomic E-state index is 0.00480. The molecule has 7 nitrogen and oxygen atoms in total. The van der Waals surface area contributed by atoms with Gasteiger partial charge in [0.25, 0.3) is 5.69 Å². The van der Waals surface area contributed by atoms with Crippen LogP contribution in [-0.2, 0) is 16.0 Å². The van der Waals surface area contributed by atoms with Crippen LogP contribution in [0.4, 0.5) is 21.5 Å². The number of amides is 2. The molecule has 8 heteroatoms. The van der Waals surface area contributed by atoms with Gasteiger partial charge in [0.1, 0.15) is 5.82 Å². The van der Waals surface area contributed by atoms with E-state index < -0.39 is 16.6 Å². The molecule has 0 bridgehead atoms. The largest absolute Gasteiger partial charge is 0.326 e. The van der Waals surface area contributed by atoms with Crippen molar-refractivity contribution in [1.82, 2.24) is 0 Å². The van der Waals surface area contributed by atoms with Gasteiger partial charge in [0.05, 0.1) is 17.0 Å². The first kappa shape index (κ1) is 17.1. The highest BCUT2D eigenvalue weighted by Gasteiger charge is 2.10. The van der Waals surface area contributed by atoms with Crippen molar-refractivity contribution in [2.75, 3.05) is 10.6 Å². The highest BCUT2D eigenvalue weighted by molar-refractivity contribution is 5.94. The molecule has 124 valence electrons. The monoisotopic (exact) mass is 331 g/mol. The molecule has 2 aromatic carbocycles. The zero-order valence-corrected chi connectivity index (χ0v) is 12.7. The van der Waals surface area contributed by atoms with Crippen molar-refractivity contribution in [1.29, 1.82) is 0 Å². The first-order valence-corrected chi connectivity index (χ1v) is 6.95. The number of rotatable bonds is 5. The topological polar surface area (TPSA) is 101 Å². The van der Waals surface area contributed by atoms with Crippen LogP contribution in [0.5, 0.6) is 0 Å². The van der Waals surface area contributed by atoms with Crippen LogP contribution in [0.1, 0.15) is 12.5 Å². The van der Waals surface area contributed by atoms with Gasteiger partial charge in [-0.3, -0.25) is 19.7 Å². The molecule has 0 saturated carbocycles. The van der Waals surface area contributed by atoms with Crippen molar-refractivity contribution in [3.8, 4) is 0 Å². The van der Waals surface area contributed by atoms with E-state index in [1.807, 2.05) is 0 Å². The number of hydrogen-bond acceptors (Lipinski definition) is 4. The molecule has 24 heavy (non-hydrogen) atoms. The number of anilines is 2. The van der Waals surface area contributed by atoms with E-state index in [-0.39, 0.29) is 23.7 Å². The molecule has 0 fully saturated rings. The Morgan fingerprint density at radius 2 is 1.79 bits per heavy atom. The van der Waals surface area contributed by atoms with Crippen molar-refractivity contribution < 1.29 is 18.9 Å². The molecule has 0 unspecified atom stereocenters. The third-order valence-corrected chi connectivity index (χ3v) is 3.07. The zero-order chi connectivity index (χ0) is 17.7. The quantitative estimate of drug-likeness (QED) is 0.649. The third kappa shape index (κ3) is 4.60. The Kier molecular flexibility index (Phi) is 5.20. The third-order valence-electron chi connectivity index (χ3n) is 3.07. The molecule has 0 aromatic heterocycles. The summed E-state index contributed by atoms with van der Waals surface area (Å²) in [6.07, 6.45) is 0.00480. The van der Waals surface area contributed by atoms with Crippen LogP contribution in [0.3, 0.4) is 0 Å². The molecule has 0 aliphatic heterocycles. The van der Waals surface area contributed by atoms with Gasteiger partial charge in [0.15, 0.2) is 0 Å². The molecule has 0 aliphatic carbocycles. The molecule has 2 amide bonds. The van der Waals surface area contributed by atoms with E-state index in [9.17, 15) is 24.1 Å². The van der Waals surface area contributed by atoms with Crippen molar-refractivity contribution in [2.24, 2.45) is 0 Å². The van der Waals surface area contributed by atoms with Crippen LogP contribution in [0.15, 0.2) is 42.5 Å². The number of nitro groups is 1. The number of benzene rings is 2. The second-order valence-electron chi connectivity index (χ2n) is 5.02. The van der Waals surface area contributed by atoms with E-state index in [4.69, 9.17) is 0 Å². The Morgan fingerprint density at radius 3 is 2.38 bits per heavy atom. The normalized spacial score (nSPS) is 10.1. The van der Waals surface area contributed by atoms with Gasteiger partial charge in [-0.15, -0.1) is 0 Å². The number of nitro benzene ring substituents is 1. The average Bonchev–Trinajstić information content (AvgIpc) is 2.50. The SMILES string of the molecule is CC(=O)Nc1cc(NC(=O)Cc2ccc([N+](=O)[O-])cc2)ccc1F. The van der Waals surface area contributed by atoms with Crippen LogP contribution in [0.25, 0.3) is 0 Å². The maximum Gasteiger partial charge on any atom is 0.269 e. The number of non-ortho nitro benzene ring substituents is 1. The Morgan fingerprint density at radius 1 is 1.12 bits per heavy atom. The van der Waals surface area contributed by atoms with E-state index in [0.717, 1.165) is 6.07 Å². The van der Waals surface area contributed by atoms with Gasteiger partial charge >= 0.3 is 0 Å². The van der Waals surface area contributed by atoms with Crippen molar-refractivity contribution in [2.45, 2.75) is 13.3 Å². The van der Waals surface area contributed by atoms with Gasteiger partial charge in [-0.2, -0.15) is 0 Å². The minimum Gasteiger partial charge on any atom is -0.326 e. The highest BCUT2D eigenvalue weighted by atomic mass is 19.1. The fraction of sp³-hybridized carbons (Fsp3) is 0.125. The molecule has 0 heterocycles. The van der Waals surface area contributed by atoms with Gasteiger partial charge in [0.2, 0.25) is 11.8 Å². The first-order chi connectivity index (χ1) is 11.3. The van der Waals surface area contributed by atoms with E-state index in [2.05, 4.69) is 10.6 Å². The number of halogens is 1. The summed E-state index contributed by atoms with van der Waals surface area (Å²) in [6, 6.07) is 9.42. The van der Waals surface area contributed by atoms with Crippen molar-refractivity contribution >= 4 is 28.9 Å². The van der Waals surface area contributed by atoms with Gasteiger partial charge in [-0.1, -0.05) is 12.1 Å². The van der Waals surface area contributed by atoms with Crippen LogP contribution in [0, 0.1) is 15.9 Å². The predicted octanol–water partition coefficient (Wildman–Crippen LogP) is 2.87. The van der Waals surface area contributed by atoms with Crippen LogP contribution in [-0.4, -0.2) is 16.7 Å². The van der Waals surface area contributed by atoms with E-state index in [0.29, 0.717) is 11.3 Å². The Labute approximate surface area is 136 Å². The number of carbonyl (C=O) groups is 2. The zero-order valence-electron chi connectivity index (χ0n) is 12.7. The molecule has 0 radical (unpaired) electrons. The second-order valence-corrected chi connectivity index (χ2v) is 5.02. The Balaban J connectivity index is 2.04. The molecule has 0 saturated heterocycles. The molecule has 2 aromatic rings. The fourth-order valence-corrected chi connectivity index (χ4v) is 2.01. The summed E-state index contributed by atoms with van der Waals surface area (Å²) in [5.74, 6) is -1.41. The lowest BCUT2D eigenvalue weighted by atomic mass is 10.1. The van der Waals surface area contributed by atoms with Crippen molar-refractivity contribution in [3.63, 3.8) is 0 Å². The first-order valence-electron chi connectivity index (χ1n) is 6.95. The summed E-state index contributed by atoms with van der Waals surface area (Å²) in [5.41, 5.74) is 0.836. The smallest absolute Gasteiger partial charge is 0.269 e. The number of nitrogens with zero attached hydrogens (tertiary/aromatic N) is 1. The molecular formula is C16H14FN3O4. The molecule has 0 spiro atoms. The highest BCUT2D eigenvalue weighted by Crippen LogP contribution is 2.20. The van der Waals surface area contributed by atoms with Gasteiger partial charge in [0, 0.05) is 24.7 Å². The Bertz CT molecular complexity index is 790. The summed E-state index contributed by atoms with van der Waals surface area (Å²) in [7, 11) is 0. The molecule has 0 atom stereocenters. The molecule has 2 rings (SSSR count). The van der Waals surface area contributed by atoms with Crippen molar-refractivity contribution in [3.05, 3.63) is 64.0 Å². The minimum atomic E-state index is -0.612. The summed E-state index contributed by atoms with van der Waals surface area (Å²) < 4.78 is 13.5. The van der Waals surface area contributed by atoms with Gasteiger partial charge in [-0.25, -0.2) is 4.39 Å². The lowest BCUT2D eigenvalue weighted by Crippen LogP contribution is -2.15. The summed E-state index contributed by atoms with van der Waals surface area (Å²) in [4.78, 5) is 33.1. The lowest BCUT2D eigenvalue weighted by molar-refractivity contribution is -0.384. The summed E-state index contributed by atoms with van der Waals surface area (Å²) >= 11 is 0. The summed E-state index contributed by atoms with van der Waals surface area (Å²) in [6.45, 7) is 1.25. The number of hydrogen-bond donors (Lipinski definition) is 2. The average molecular weight is 331 g/mol. The number of carbonyl (C=O) groups excluding carboxylic acids is 2. The van der Waals surface area contributed by atoms with Crippen LogP contribution >= 0.6 is 0 Å². The van der Waals surface area contributed by atoms with Gasteiger partial charge in [-0.05, 0) is 23.8 Å².